The number of carbonyl (C=O) groups excluding carboxylic acids is 2. The van der Waals surface area contributed by atoms with Crippen molar-refractivity contribution in [2.24, 2.45) is 0 Å². The number of quaternary nitrogens is 1. The van der Waals surface area contributed by atoms with Gasteiger partial charge in [-0.15, -0.1) is 0 Å². The highest BCUT2D eigenvalue weighted by Gasteiger charge is 2.21. The molecule has 9 nitrogen and oxygen atoms in total. The van der Waals surface area contributed by atoms with Crippen molar-refractivity contribution in [1.29, 1.82) is 0 Å². The summed E-state index contributed by atoms with van der Waals surface area (Å²) >= 11 is 0. The summed E-state index contributed by atoms with van der Waals surface area (Å²) in [6.45, 7) is 4.21. The number of esters is 2. The lowest BCUT2D eigenvalue weighted by molar-refractivity contribution is -0.870. The number of nitrogens with zero attached hydrogens (tertiary/aromatic N) is 1. The molecule has 1 unspecified atom stereocenters. The molecular weight excluding hydrogens is 665 g/mol. The van der Waals surface area contributed by atoms with E-state index < -0.39 is 26.5 Å². The number of unbranched alkanes of at least 4 members (excludes halogenated alkanes) is 22. The number of phosphoric ester groups is 1. The maximum absolute atomic E-state index is 12.6. The summed E-state index contributed by atoms with van der Waals surface area (Å²) in [6, 6.07) is 0. The molecule has 0 saturated carbocycles. The first kappa shape index (κ1) is 49.8. The molecule has 0 aromatic heterocycles. The van der Waals surface area contributed by atoms with E-state index in [0.717, 1.165) is 44.9 Å². The molecule has 0 saturated heterocycles. The number of allylic oxidation sites excluding steroid dienone is 2. The Balaban J connectivity index is 4.38. The van der Waals surface area contributed by atoms with Crippen LogP contribution in [-0.4, -0.2) is 70.0 Å². The largest absolute Gasteiger partial charge is 0.756 e. The molecule has 51 heavy (non-hydrogen) atoms. The van der Waals surface area contributed by atoms with Crippen molar-refractivity contribution < 1.29 is 42.1 Å². The molecule has 0 amide bonds. The highest BCUT2D eigenvalue weighted by molar-refractivity contribution is 7.45. The second-order valence-corrected chi connectivity index (χ2v) is 16.8. The third-order valence-corrected chi connectivity index (χ3v) is 10.00. The van der Waals surface area contributed by atoms with Crippen molar-refractivity contribution in [2.45, 2.75) is 193 Å². The summed E-state index contributed by atoms with van der Waals surface area (Å²) in [4.78, 5) is 37.4. The highest BCUT2D eigenvalue weighted by atomic mass is 31.2. The van der Waals surface area contributed by atoms with E-state index in [1.54, 1.807) is 0 Å². The van der Waals surface area contributed by atoms with Crippen molar-refractivity contribution in [3.63, 3.8) is 0 Å². The van der Waals surface area contributed by atoms with Crippen LogP contribution in [0.5, 0.6) is 0 Å². The maximum Gasteiger partial charge on any atom is 0.306 e. The fraction of sp³-hybridized carbons (Fsp3) is 0.902. The van der Waals surface area contributed by atoms with Gasteiger partial charge in [0.1, 0.15) is 19.8 Å². The minimum atomic E-state index is -4.62. The lowest BCUT2D eigenvalue weighted by Crippen LogP contribution is -2.37. The third-order valence-electron chi connectivity index (χ3n) is 9.04. The van der Waals surface area contributed by atoms with Crippen LogP contribution in [0, 0.1) is 0 Å². The monoisotopic (exact) mass is 746 g/mol. The summed E-state index contributed by atoms with van der Waals surface area (Å²) in [5.74, 6) is -0.833. The Morgan fingerprint density at radius 3 is 1.47 bits per heavy atom. The van der Waals surface area contributed by atoms with Crippen molar-refractivity contribution in [2.75, 3.05) is 47.5 Å². The second kappa shape index (κ2) is 34.5. The summed E-state index contributed by atoms with van der Waals surface area (Å²) in [5.41, 5.74) is 0. The number of rotatable bonds is 38. The molecule has 0 radical (unpaired) electrons. The Kier molecular flexibility index (Phi) is 33.7. The van der Waals surface area contributed by atoms with Gasteiger partial charge in [-0.05, 0) is 38.5 Å². The topological polar surface area (TPSA) is 111 Å². The zero-order valence-corrected chi connectivity index (χ0v) is 34.7. The van der Waals surface area contributed by atoms with Gasteiger partial charge in [-0.3, -0.25) is 14.2 Å². The van der Waals surface area contributed by atoms with Crippen LogP contribution in [0.25, 0.3) is 0 Å². The summed E-state index contributed by atoms with van der Waals surface area (Å²) in [7, 11) is 1.17. The van der Waals surface area contributed by atoms with Gasteiger partial charge in [0, 0.05) is 12.8 Å². The van der Waals surface area contributed by atoms with Gasteiger partial charge in [-0.1, -0.05) is 148 Å². The SMILES string of the molecule is CCCCCC/C=C\CCCCCCCCCC(=O)O[C@H](COC(=O)CCCCCCCCCCCCCC)COP(=O)([O-])OCC[N+](C)(C)C. The molecule has 0 fully saturated rings. The highest BCUT2D eigenvalue weighted by Crippen LogP contribution is 2.38. The van der Waals surface area contributed by atoms with Gasteiger partial charge in [-0.2, -0.15) is 0 Å². The van der Waals surface area contributed by atoms with Crippen molar-refractivity contribution in [3.05, 3.63) is 12.2 Å². The Hall–Kier alpha value is -1.25. The Morgan fingerprint density at radius 1 is 0.588 bits per heavy atom. The number of hydrogen-bond donors (Lipinski definition) is 0. The number of ether oxygens (including phenoxy) is 2. The first-order valence-electron chi connectivity index (χ1n) is 20.9. The molecule has 0 bridgehead atoms. The van der Waals surface area contributed by atoms with Crippen LogP contribution in [0.15, 0.2) is 12.2 Å². The van der Waals surface area contributed by atoms with E-state index in [1.165, 1.54) is 109 Å². The Bertz CT molecular complexity index is 891. The smallest absolute Gasteiger partial charge is 0.306 e. The fourth-order valence-electron chi connectivity index (χ4n) is 5.71. The Labute approximate surface area is 314 Å². The fourth-order valence-corrected chi connectivity index (χ4v) is 6.44. The summed E-state index contributed by atoms with van der Waals surface area (Å²) in [5, 5.41) is 0. The normalized spacial score (nSPS) is 13.8. The lowest BCUT2D eigenvalue weighted by Gasteiger charge is -2.28. The molecule has 302 valence electrons. The molecule has 0 aromatic carbocycles. The van der Waals surface area contributed by atoms with Crippen LogP contribution < -0.4 is 4.89 Å². The number of carbonyl (C=O) groups is 2. The average Bonchev–Trinajstić information content (AvgIpc) is 3.07. The molecule has 2 atom stereocenters. The van der Waals surface area contributed by atoms with Gasteiger partial charge in [-0.25, -0.2) is 0 Å². The van der Waals surface area contributed by atoms with Gasteiger partial charge in [0.05, 0.1) is 27.7 Å². The van der Waals surface area contributed by atoms with Crippen LogP contribution in [0.2, 0.25) is 0 Å². The van der Waals surface area contributed by atoms with Crippen LogP contribution in [0.3, 0.4) is 0 Å². The third kappa shape index (κ3) is 38.3. The zero-order chi connectivity index (χ0) is 37.9. The van der Waals surface area contributed by atoms with Crippen LogP contribution in [0.1, 0.15) is 187 Å². The molecule has 0 N–H and O–H groups in total. The van der Waals surface area contributed by atoms with Crippen LogP contribution >= 0.6 is 7.82 Å². The molecular formula is C41H80NO8P. The van der Waals surface area contributed by atoms with E-state index >= 15 is 0 Å². The van der Waals surface area contributed by atoms with Gasteiger partial charge < -0.3 is 27.9 Å². The van der Waals surface area contributed by atoms with E-state index in [2.05, 4.69) is 26.0 Å². The number of phosphoric acid groups is 1. The molecule has 0 aliphatic heterocycles. The van der Waals surface area contributed by atoms with E-state index in [1.807, 2.05) is 21.1 Å². The quantitative estimate of drug-likeness (QED) is 0.0202. The molecule has 0 aliphatic carbocycles. The first-order valence-corrected chi connectivity index (χ1v) is 22.4. The number of hydrogen-bond acceptors (Lipinski definition) is 8. The van der Waals surface area contributed by atoms with Gasteiger partial charge >= 0.3 is 11.9 Å². The summed E-state index contributed by atoms with van der Waals surface area (Å²) in [6.07, 6.45) is 33.7. The molecule has 0 rings (SSSR count). The molecule has 0 spiro atoms. The van der Waals surface area contributed by atoms with E-state index in [0.29, 0.717) is 17.4 Å². The predicted molar refractivity (Wildman–Crippen MR) is 208 cm³/mol. The van der Waals surface area contributed by atoms with Crippen LogP contribution in [-0.2, 0) is 32.7 Å². The summed E-state index contributed by atoms with van der Waals surface area (Å²) < 4.78 is 33.8. The van der Waals surface area contributed by atoms with Gasteiger partial charge in [0.2, 0.25) is 0 Å². The predicted octanol–water partition coefficient (Wildman–Crippen LogP) is 10.8. The van der Waals surface area contributed by atoms with Gasteiger partial charge in [0.25, 0.3) is 7.82 Å². The van der Waals surface area contributed by atoms with E-state index in [4.69, 9.17) is 18.5 Å². The maximum atomic E-state index is 12.6. The average molecular weight is 746 g/mol. The van der Waals surface area contributed by atoms with Crippen molar-refractivity contribution in [3.8, 4) is 0 Å². The van der Waals surface area contributed by atoms with Crippen LogP contribution in [0.4, 0.5) is 0 Å². The molecule has 0 aliphatic rings. The zero-order valence-electron chi connectivity index (χ0n) is 33.8. The number of likely N-dealkylation sites (N-methyl/N-ethyl adjacent to an activating group) is 1. The molecule has 0 heterocycles. The van der Waals surface area contributed by atoms with Crippen molar-refractivity contribution >= 4 is 19.8 Å². The van der Waals surface area contributed by atoms with Crippen molar-refractivity contribution in [1.82, 2.24) is 0 Å². The molecule has 10 heteroatoms. The second-order valence-electron chi connectivity index (χ2n) is 15.4. The minimum absolute atomic E-state index is 0.0288. The van der Waals surface area contributed by atoms with E-state index in [9.17, 15) is 19.0 Å². The standard InChI is InChI=1S/C41H80NO8P/c1-6-8-10-12-14-16-18-20-21-22-24-26-28-30-32-34-41(44)50-39(38-49-51(45,46)48-36-35-42(3,4)5)37-47-40(43)33-31-29-27-25-23-19-17-15-13-11-9-7-2/h16,18,39H,6-15,17,19-38H2,1-5H3/b18-16-/t39-/m1/s1. The first-order chi connectivity index (χ1) is 24.5. The van der Waals surface area contributed by atoms with E-state index in [-0.39, 0.29) is 32.0 Å². The van der Waals surface area contributed by atoms with Gasteiger partial charge in [0.15, 0.2) is 6.10 Å². The Morgan fingerprint density at radius 2 is 1.00 bits per heavy atom. The lowest BCUT2D eigenvalue weighted by atomic mass is 10.0. The minimum Gasteiger partial charge on any atom is -0.756 e. The molecule has 0 aromatic rings.